The Labute approximate surface area is 112 Å². The number of hydrogen-bond donors (Lipinski definition) is 2. The molecule has 0 spiro atoms. The Morgan fingerprint density at radius 2 is 2.21 bits per heavy atom. The number of ether oxygens (including phenoxy) is 1. The molecule has 19 heavy (non-hydrogen) atoms. The summed E-state index contributed by atoms with van der Waals surface area (Å²) in [6.45, 7) is 2.04. The average molecular weight is 260 g/mol. The molecule has 0 bridgehead atoms. The van der Waals surface area contributed by atoms with Gasteiger partial charge in [-0.3, -0.25) is 10.5 Å². The molecule has 0 saturated carbocycles. The van der Waals surface area contributed by atoms with Crippen molar-refractivity contribution < 1.29 is 9.53 Å². The number of H-pyrrole nitrogens is 1. The topological polar surface area (TPSA) is 68.1 Å². The van der Waals surface area contributed by atoms with Crippen LogP contribution in [0.2, 0.25) is 0 Å². The summed E-state index contributed by atoms with van der Waals surface area (Å²) in [5, 5.41) is 1.13. The SMILES string of the molecule is CCCCC(=O)O[C@@H](N)Cc1c[nH]c2ccccc12. The molecule has 1 aromatic carbocycles. The van der Waals surface area contributed by atoms with Crippen LogP contribution in [0, 0.1) is 0 Å². The summed E-state index contributed by atoms with van der Waals surface area (Å²) >= 11 is 0. The van der Waals surface area contributed by atoms with Crippen molar-refractivity contribution in [2.24, 2.45) is 5.73 Å². The zero-order valence-electron chi connectivity index (χ0n) is 11.2. The number of esters is 1. The lowest BCUT2D eigenvalue weighted by atomic mass is 10.1. The third-order valence-corrected chi connectivity index (χ3v) is 3.11. The fourth-order valence-corrected chi connectivity index (χ4v) is 2.11. The van der Waals surface area contributed by atoms with Gasteiger partial charge in [0.15, 0.2) is 6.23 Å². The molecule has 0 aliphatic rings. The van der Waals surface area contributed by atoms with Crippen LogP contribution < -0.4 is 5.73 Å². The fourth-order valence-electron chi connectivity index (χ4n) is 2.11. The molecular weight excluding hydrogens is 240 g/mol. The largest absolute Gasteiger partial charge is 0.446 e. The van der Waals surface area contributed by atoms with Gasteiger partial charge in [-0.25, -0.2) is 0 Å². The molecule has 1 atom stereocenters. The second kappa shape index (κ2) is 6.38. The maximum atomic E-state index is 11.5. The van der Waals surface area contributed by atoms with E-state index in [4.69, 9.17) is 10.5 Å². The molecule has 4 nitrogen and oxygen atoms in total. The highest BCUT2D eigenvalue weighted by molar-refractivity contribution is 5.83. The summed E-state index contributed by atoms with van der Waals surface area (Å²) in [6.07, 6.45) is 4.14. The van der Waals surface area contributed by atoms with E-state index < -0.39 is 6.23 Å². The molecule has 3 N–H and O–H groups in total. The van der Waals surface area contributed by atoms with Crippen LogP contribution in [0.15, 0.2) is 30.5 Å². The van der Waals surface area contributed by atoms with Crippen LogP contribution >= 0.6 is 0 Å². The monoisotopic (exact) mass is 260 g/mol. The van der Waals surface area contributed by atoms with Gasteiger partial charge < -0.3 is 9.72 Å². The first-order valence-electron chi connectivity index (χ1n) is 6.70. The molecular formula is C15H20N2O2. The third kappa shape index (κ3) is 3.58. The number of hydrogen-bond acceptors (Lipinski definition) is 3. The Kier molecular flexibility index (Phi) is 4.58. The average Bonchev–Trinajstić information content (AvgIpc) is 2.80. The van der Waals surface area contributed by atoms with E-state index in [9.17, 15) is 4.79 Å². The Hall–Kier alpha value is -1.81. The lowest BCUT2D eigenvalue weighted by molar-refractivity contribution is -0.148. The predicted octanol–water partition coefficient (Wildman–Crippen LogP) is 2.73. The Bertz CT molecular complexity index is 548. The zero-order valence-corrected chi connectivity index (χ0v) is 11.2. The van der Waals surface area contributed by atoms with Crippen molar-refractivity contribution in [3.8, 4) is 0 Å². The summed E-state index contributed by atoms with van der Waals surface area (Å²) in [5.41, 5.74) is 8.02. The highest BCUT2D eigenvalue weighted by atomic mass is 16.6. The van der Waals surface area contributed by atoms with Gasteiger partial charge in [0.25, 0.3) is 0 Å². The smallest absolute Gasteiger partial charge is 0.307 e. The van der Waals surface area contributed by atoms with Gasteiger partial charge in [-0.1, -0.05) is 31.5 Å². The second-order valence-corrected chi connectivity index (χ2v) is 4.70. The van der Waals surface area contributed by atoms with E-state index in [1.54, 1.807) is 0 Å². The Morgan fingerprint density at radius 3 is 3.00 bits per heavy atom. The lowest BCUT2D eigenvalue weighted by Gasteiger charge is -2.12. The zero-order chi connectivity index (χ0) is 13.7. The first-order chi connectivity index (χ1) is 9.20. The normalized spacial score (nSPS) is 12.5. The van der Waals surface area contributed by atoms with Crippen molar-refractivity contribution in [1.29, 1.82) is 0 Å². The van der Waals surface area contributed by atoms with Gasteiger partial charge in [0.1, 0.15) is 0 Å². The van der Waals surface area contributed by atoms with Gasteiger partial charge in [-0.15, -0.1) is 0 Å². The number of aromatic amines is 1. The molecule has 0 unspecified atom stereocenters. The maximum Gasteiger partial charge on any atom is 0.307 e. The highest BCUT2D eigenvalue weighted by Gasteiger charge is 2.12. The lowest BCUT2D eigenvalue weighted by Crippen LogP contribution is -2.29. The van der Waals surface area contributed by atoms with Crippen LogP contribution in [-0.2, 0) is 16.0 Å². The van der Waals surface area contributed by atoms with Crippen LogP contribution in [0.3, 0.4) is 0 Å². The summed E-state index contributed by atoms with van der Waals surface area (Å²) in [5.74, 6) is -0.214. The van der Waals surface area contributed by atoms with Crippen molar-refractivity contribution in [3.05, 3.63) is 36.0 Å². The molecule has 2 aromatic rings. The number of rotatable bonds is 6. The van der Waals surface area contributed by atoms with Gasteiger partial charge in [0.05, 0.1) is 0 Å². The minimum Gasteiger partial charge on any atom is -0.446 e. The molecule has 2 rings (SSSR count). The molecule has 0 aliphatic heterocycles. The van der Waals surface area contributed by atoms with Crippen LogP contribution in [0.1, 0.15) is 31.7 Å². The van der Waals surface area contributed by atoms with E-state index >= 15 is 0 Å². The Balaban J connectivity index is 1.95. The molecule has 0 aliphatic carbocycles. The van der Waals surface area contributed by atoms with Gasteiger partial charge in [0, 0.05) is 29.9 Å². The van der Waals surface area contributed by atoms with E-state index in [-0.39, 0.29) is 5.97 Å². The Morgan fingerprint density at radius 1 is 1.42 bits per heavy atom. The quantitative estimate of drug-likeness (QED) is 0.620. The number of carbonyl (C=O) groups is 1. The molecule has 0 saturated heterocycles. The molecule has 1 aromatic heterocycles. The van der Waals surface area contributed by atoms with Crippen molar-refractivity contribution in [2.75, 3.05) is 0 Å². The van der Waals surface area contributed by atoms with Crippen molar-refractivity contribution in [3.63, 3.8) is 0 Å². The van der Waals surface area contributed by atoms with E-state index in [1.807, 2.05) is 37.4 Å². The minimum atomic E-state index is -0.580. The maximum absolute atomic E-state index is 11.5. The van der Waals surface area contributed by atoms with Gasteiger partial charge in [0.2, 0.25) is 0 Å². The number of carbonyl (C=O) groups excluding carboxylic acids is 1. The summed E-state index contributed by atoms with van der Waals surface area (Å²) < 4.78 is 5.20. The number of fused-ring (bicyclic) bond motifs is 1. The minimum absolute atomic E-state index is 0.214. The van der Waals surface area contributed by atoms with E-state index in [2.05, 4.69) is 4.98 Å². The molecule has 0 fully saturated rings. The summed E-state index contributed by atoms with van der Waals surface area (Å²) in [6, 6.07) is 8.01. The van der Waals surface area contributed by atoms with Crippen LogP contribution in [0.4, 0.5) is 0 Å². The number of aromatic nitrogens is 1. The molecule has 0 radical (unpaired) electrons. The molecule has 4 heteroatoms. The highest BCUT2D eigenvalue weighted by Crippen LogP contribution is 2.19. The number of nitrogens with two attached hydrogens (primary N) is 1. The van der Waals surface area contributed by atoms with Gasteiger partial charge in [-0.2, -0.15) is 0 Å². The van der Waals surface area contributed by atoms with Crippen LogP contribution in [0.25, 0.3) is 10.9 Å². The number of unbranched alkanes of at least 4 members (excludes halogenated alkanes) is 1. The summed E-state index contributed by atoms with van der Waals surface area (Å²) in [7, 11) is 0. The summed E-state index contributed by atoms with van der Waals surface area (Å²) in [4.78, 5) is 14.7. The standard InChI is InChI=1S/C15H20N2O2/c1-2-3-8-15(18)19-14(16)9-11-10-17-13-7-5-4-6-12(11)13/h4-7,10,14,17H,2-3,8-9,16H2,1H3/t14-/m1/s1. The third-order valence-electron chi connectivity index (χ3n) is 3.11. The second-order valence-electron chi connectivity index (χ2n) is 4.70. The van der Waals surface area contributed by atoms with Crippen molar-refractivity contribution in [2.45, 2.75) is 38.8 Å². The van der Waals surface area contributed by atoms with Gasteiger partial charge in [-0.05, 0) is 18.1 Å². The molecule has 102 valence electrons. The van der Waals surface area contributed by atoms with E-state index in [0.29, 0.717) is 12.8 Å². The van der Waals surface area contributed by atoms with Gasteiger partial charge >= 0.3 is 5.97 Å². The predicted molar refractivity (Wildman–Crippen MR) is 75.6 cm³/mol. The number of nitrogens with one attached hydrogen (secondary N) is 1. The van der Waals surface area contributed by atoms with E-state index in [0.717, 1.165) is 29.3 Å². The fraction of sp³-hybridized carbons (Fsp3) is 0.400. The van der Waals surface area contributed by atoms with Crippen molar-refractivity contribution >= 4 is 16.9 Å². The van der Waals surface area contributed by atoms with Crippen LogP contribution in [-0.4, -0.2) is 17.2 Å². The first kappa shape index (κ1) is 13.6. The molecule has 1 heterocycles. The van der Waals surface area contributed by atoms with Crippen LogP contribution in [0.5, 0.6) is 0 Å². The number of para-hydroxylation sites is 1. The first-order valence-corrected chi connectivity index (χ1v) is 6.70. The number of benzene rings is 1. The molecule has 0 amide bonds. The van der Waals surface area contributed by atoms with Crippen molar-refractivity contribution in [1.82, 2.24) is 4.98 Å². The van der Waals surface area contributed by atoms with E-state index in [1.165, 1.54) is 0 Å².